The standard InChI is InChI=1S/C18H15NO6S/c19-18(25)13-8(21)4-6-5-10-14(16(23)11(6)15(13)22)17(24)12-7(20)2-1-3-9(12)26-10/h1-3,6,10-11,20,22,24H,4-5H2,(H2,19,25). The first kappa shape index (κ1) is 16.7. The van der Waals surface area contributed by atoms with Gasteiger partial charge in [-0.3, -0.25) is 14.4 Å². The number of carbonyl (C=O) groups is 3. The highest BCUT2D eigenvalue weighted by atomic mass is 32.2. The lowest BCUT2D eigenvalue weighted by molar-refractivity contribution is -0.126. The van der Waals surface area contributed by atoms with Gasteiger partial charge in [0, 0.05) is 16.6 Å². The number of ketones is 2. The summed E-state index contributed by atoms with van der Waals surface area (Å²) in [6.45, 7) is 0. The second-order valence-electron chi connectivity index (χ2n) is 6.61. The number of fused-ring (bicyclic) bond motifs is 3. The van der Waals surface area contributed by atoms with Gasteiger partial charge in [0.1, 0.15) is 22.8 Å². The molecule has 7 nitrogen and oxygen atoms in total. The Balaban J connectivity index is 1.87. The molecule has 1 amide bonds. The van der Waals surface area contributed by atoms with E-state index < -0.39 is 45.9 Å². The molecule has 0 saturated heterocycles. The van der Waals surface area contributed by atoms with Crippen molar-refractivity contribution in [2.24, 2.45) is 17.6 Å². The Kier molecular flexibility index (Phi) is 3.62. The minimum Gasteiger partial charge on any atom is -0.511 e. The Hall–Kier alpha value is -2.74. The second-order valence-corrected chi connectivity index (χ2v) is 7.85. The summed E-state index contributed by atoms with van der Waals surface area (Å²) in [6, 6.07) is 4.79. The maximum atomic E-state index is 13.0. The van der Waals surface area contributed by atoms with Crippen LogP contribution in [-0.2, 0) is 14.4 Å². The van der Waals surface area contributed by atoms with Crippen LogP contribution in [0, 0.1) is 11.8 Å². The number of allylic oxidation sites excluding steroid dienone is 1. The lowest BCUT2D eigenvalue weighted by Crippen LogP contribution is -2.44. The maximum Gasteiger partial charge on any atom is 0.255 e. The third kappa shape index (κ3) is 2.18. The smallest absolute Gasteiger partial charge is 0.255 e. The quantitative estimate of drug-likeness (QED) is 0.549. The number of phenols is 1. The normalized spacial score (nSPS) is 27.8. The van der Waals surface area contributed by atoms with Crippen LogP contribution in [0.4, 0.5) is 0 Å². The summed E-state index contributed by atoms with van der Waals surface area (Å²) in [4.78, 5) is 37.3. The molecule has 26 heavy (non-hydrogen) atoms. The molecule has 1 aromatic carbocycles. The van der Waals surface area contributed by atoms with Gasteiger partial charge in [0.15, 0.2) is 11.6 Å². The van der Waals surface area contributed by atoms with Crippen LogP contribution >= 0.6 is 11.8 Å². The summed E-state index contributed by atoms with van der Waals surface area (Å²) in [6.07, 6.45) is 0.314. The first-order chi connectivity index (χ1) is 12.3. The number of hydrogen-bond acceptors (Lipinski definition) is 7. The molecule has 1 aliphatic heterocycles. The number of carbonyl (C=O) groups excluding carboxylic acids is 3. The largest absolute Gasteiger partial charge is 0.511 e. The van der Waals surface area contributed by atoms with E-state index >= 15 is 0 Å². The van der Waals surface area contributed by atoms with Crippen LogP contribution in [0.25, 0.3) is 5.76 Å². The fraction of sp³-hybridized carbons (Fsp3) is 0.278. The zero-order valence-electron chi connectivity index (χ0n) is 13.4. The Morgan fingerprint density at radius 1 is 1.19 bits per heavy atom. The Morgan fingerprint density at radius 2 is 1.92 bits per heavy atom. The first-order valence-corrected chi connectivity index (χ1v) is 8.91. The zero-order chi connectivity index (χ0) is 18.7. The number of amides is 1. The lowest BCUT2D eigenvalue weighted by Gasteiger charge is -2.40. The first-order valence-electron chi connectivity index (χ1n) is 8.03. The van der Waals surface area contributed by atoms with Gasteiger partial charge in [0.25, 0.3) is 5.91 Å². The fourth-order valence-electron chi connectivity index (χ4n) is 4.04. The zero-order valence-corrected chi connectivity index (χ0v) is 14.2. The van der Waals surface area contributed by atoms with Crippen molar-refractivity contribution >= 4 is 35.0 Å². The molecule has 8 heteroatoms. The molecule has 1 saturated carbocycles. The minimum atomic E-state index is -1.09. The molecule has 3 aliphatic rings. The highest BCUT2D eigenvalue weighted by Gasteiger charge is 2.51. The van der Waals surface area contributed by atoms with Gasteiger partial charge < -0.3 is 21.1 Å². The number of aromatic hydroxyl groups is 1. The van der Waals surface area contributed by atoms with Crippen molar-refractivity contribution in [2.75, 3.05) is 0 Å². The van der Waals surface area contributed by atoms with E-state index in [0.717, 1.165) is 0 Å². The van der Waals surface area contributed by atoms with Crippen LogP contribution < -0.4 is 5.73 Å². The number of thioether (sulfide) groups is 1. The summed E-state index contributed by atoms with van der Waals surface area (Å²) in [5.74, 6) is -4.83. The van der Waals surface area contributed by atoms with Crippen LogP contribution in [0.3, 0.4) is 0 Å². The molecule has 4 rings (SSSR count). The van der Waals surface area contributed by atoms with Crippen molar-refractivity contribution in [3.05, 3.63) is 40.7 Å². The number of hydrogen-bond donors (Lipinski definition) is 4. The van der Waals surface area contributed by atoms with Crippen LogP contribution in [0.1, 0.15) is 18.4 Å². The Bertz CT molecular complexity index is 947. The highest BCUT2D eigenvalue weighted by Crippen LogP contribution is 2.52. The van der Waals surface area contributed by atoms with E-state index in [1.165, 1.54) is 17.8 Å². The van der Waals surface area contributed by atoms with E-state index in [1.54, 1.807) is 12.1 Å². The molecule has 1 heterocycles. The molecular formula is C18H15NO6S. The number of primary amides is 1. The number of aliphatic hydroxyl groups is 2. The average molecular weight is 373 g/mol. The van der Waals surface area contributed by atoms with Gasteiger partial charge in [-0.25, -0.2) is 0 Å². The third-order valence-corrected chi connectivity index (χ3v) is 6.45. The van der Waals surface area contributed by atoms with Crippen molar-refractivity contribution < 1.29 is 29.7 Å². The summed E-state index contributed by atoms with van der Waals surface area (Å²) in [7, 11) is 0. The number of nitrogens with two attached hydrogens (primary N) is 1. The number of rotatable bonds is 1. The van der Waals surface area contributed by atoms with Crippen LogP contribution in [0.15, 0.2) is 40.0 Å². The summed E-state index contributed by atoms with van der Waals surface area (Å²) < 4.78 is 0. The lowest BCUT2D eigenvalue weighted by atomic mass is 9.67. The average Bonchev–Trinajstić information content (AvgIpc) is 2.53. The molecule has 0 bridgehead atoms. The molecule has 0 spiro atoms. The summed E-state index contributed by atoms with van der Waals surface area (Å²) >= 11 is 1.33. The molecular weight excluding hydrogens is 358 g/mol. The Labute approximate surface area is 152 Å². The molecule has 0 radical (unpaired) electrons. The molecule has 5 N–H and O–H groups in total. The van der Waals surface area contributed by atoms with Gasteiger partial charge in [-0.05, 0) is 24.5 Å². The van der Waals surface area contributed by atoms with E-state index in [2.05, 4.69) is 0 Å². The van der Waals surface area contributed by atoms with Gasteiger partial charge >= 0.3 is 0 Å². The summed E-state index contributed by atoms with van der Waals surface area (Å²) in [5, 5.41) is 30.7. The molecule has 1 fully saturated rings. The molecule has 0 aromatic heterocycles. The number of aliphatic hydroxyl groups excluding tert-OH is 2. The van der Waals surface area contributed by atoms with Crippen molar-refractivity contribution in [1.29, 1.82) is 0 Å². The van der Waals surface area contributed by atoms with Gasteiger partial charge in [0.2, 0.25) is 0 Å². The van der Waals surface area contributed by atoms with E-state index in [9.17, 15) is 29.7 Å². The molecule has 1 aromatic rings. The van der Waals surface area contributed by atoms with Crippen molar-refractivity contribution in [1.82, 2.24) is 0 Å². The number of phenolic OH excluding ortho intramolecular Hbond substituents is 1. The number of benzene rings is 1. The SMILES string of the molecule is NC(=O)C1=C(O)C2C(=O)C3=C(O)c4c(O)cccc4SC3CC2CC1=O. The third-order valence-electron chi connectivity index (χ3n) is 5.15. The maximum absolute atomic E-state index is 13.0. The monoisotopic (exact) mass is 373 g/mol. The summed E-state index contributed by atoms with van der Waals surface area (Å²) in [5.41, 5.74) is 4.91. The molecule has 3 atom stereocenters. The predicted molar refractivity (Wildman–Crippen MR) is 92.4 cm³/mol. The van der Waals surface area contributed by atoms with Crippen molar-refractivity contribution in [2.45, 2.75) is 23.0 Å². The predicted octanol–water partition coefficient (Wildman–Crippen LogP) is 1.61. The number of Topliss-reactive ketones (excluding diaryl/α,β-unsaturated/α-hetero) is 2. The second kappa shape index (κ2) is 5.63. The minimum absolute atomic E-state index is 0.0588. The molecule has 134 valence electrons. The van der Waals surface area contributed by atoms with Crippen LogP contribution in [0.5, 0.6) is 5.75 Å². The van der Waals surface area contributed by atoms with Crippen molar-refractivity contribution in [3.8, 4) is 5.75 Å². The molecule has 3 unspecified atom stereocenters. The van der Waals surface area contributed by atoms with Gasteiger partial charge in [0.05, 0.1) is 17.1 Å². The van der Waals surface area contributed by atoms with Crippen LogP contribution in [0.2, 0.25) is 0 Å². The van der Waals surface area contributed by atoms with E-state index in [1.807, 2.05) is 0 Å². The highest BCUT2D eigenvalue weighted by molar-refractivity contribution is 8.00. The van der Waals surface area contributed by atoms with Gasteiger partial charge in [-0.2, -0.15) is 0 Å². The topological polar surface area (TPSA) is 138 Å². The van der Waals surface area contributed by atoms with Gasteiger partial charge in [-0.15, -0.1) is 11.8 Å². The fourth-order valence-corrected chi connectivity index (χ4v) is 5.51. The van der Waals surface area contributed by atoms with E-state index in [0.29, 0.717) is 11.3 Å². The Morgan fingerprint density at radius 3 is 2.62 bits per heavy atom. The van der Waals surface area contributed by atoms with Crippen molar-refractivity contribution in [3.63, 3.8) is 0 Å². The van der Waals surface area contributed by atoms with Crippen LogP contribution in [-0.4, -0.2) is 38.0 Å². The van der Waals surface area contributed by atoms with Gasteiger partial charge in [-0.1, -0.05) is 6.07 Å². The van der Waals surface area contributed by atoms with E-state index in [4.69, 9.17) is 5.73 Å². The molecule has 2 aliphatic carbocycles. The van der Waals surface area contributed by atoms with E-state index in [-0.39, 0.29) is 29.1 Å².